The first kappa shape index (κ1) is 14.6. The normalized spacial score (nSPS) is 11.3. The maximum Gasteiger partial charge on any atom is 0.176 e. The van der Waals surface area contributed by atoms with Crippen molar-refractivity contribution in [3.05, 3.63) is 53.8 Å². The van der Waals surface area contributed by atoms with Gasteiger partial charge in [-0.15, -0.1) is 0 Å². The second kappa shape index (κ2) is 6.13. The molecule has 6 heteroatoms. The summed E-state index contributed by atoms with van der Waals surface area (Å²) in [5.74, 6) is -0.251. The minimum atomic E-state index is -0.619. The second-order valence-electron chi connectivity index (χ2n) is 4.59. The first-order valence-corrected chi connectivity index (χ1v) is 6.24. The number of benzene rings is 2. The molecule has 0 aliphatic heterocycles. The van der Waals surface area contributed by atoms with Crippen LogP contribution in [0.3, 0.4) is 0 Å². The van der Waals surface area contributed by atoms with Gasteiger partial charge in [-0.3, -0.25) is 0 Å². The molecule has 2 aromatic rings. The smallest absolute Gasteiger partial charge is 0.176 e. The van der Waals surface area contributed by atoms with Gasteiger partial charge in [-0.05, 0) is 24.3 Å². The SMILES string of the molecule is CN(C)c1cccc(Oc2cccc(F)c2C(N)=NO)c1. The first-order valence-electron chi connectivity index (χ1n) is 6.24. The van der Waals surface area contributed by atoms with Gasteiger partial charge in [0.25, 0.3) is 0 Å². The highest BCUT2D eigenvalue weighted by Crippen LogP contribution is 2.29. The van der Waals surface area contributed by atoms with Gasteiger partial charge in [0.1, 0.15) is 17.3 Å². The molecule has 3 N–H and O–H groups in total. The predicted molar refractivity (Wildman–Crippen MR) is 79.8 cm³/mol. The summed E-state index contributed by atoms with van der Waals surface area (Å²) in [5.41, 5.74) is 6.36. The van der Waals surface area contributed by atoms with Crippen molar-refractivity contribution in [2.24, 2.45) is 10.9 Å². The average Bonchev–Trinajstić information content (AvgIpc) is 2.47. The summed E-state index contributed by atoms with van der Waals surface area (Å²) in [4.78, 5) is 1.92. The molecule has 0 spiro atoms. The number of nitrogens with two attached hydrogens (primary N) is 1. The van der Waals surface area contributed by atoms with Gasteiger partial charge in [0, 0.05) is 25.8 Å². The van der Waals surface area contributed by atoms with Gasteiger partial charge >= 0.3 is 0 Å². The highest BCUT2D eigenvalue weighted by atomic mass is 19.1. The van der Waals surface area contributed by atoms with E-state index in [1.54, 1.807) is 18.2 Å². The quantitative estimate of drug-likeness (QED) is 0.393. The maximum absolute atomic E-state index is 13.8. The van der Waals surface area contributed by atoms with Crippen LogP contribution in [0.5, 0.6) is 11.5 Å². The van der Waals surface area contributed by atoms with Crippen LogP contribution in [0.4, 0.5) is 10.1 Å². The van der Waals surface area contributed by atoms with Crippen LogP contribution in [0, 0.1) is 5.82 Å². The van der Waals surface area contributed by atoms with E-state index in [9.17, 15) is 4.39 Å². The number of hydrogen-bond donors (Lipinski definition) is 2. The van der Waals surface area contributed by atoms with Crippen molar-refractivity contribution in [3.63, 3.8) is 0 Å². The van der Waals surface area contributed by atoms with E-state index in [0.29, 0.717) is 5.75 Å². The molecule has 5 nitrogen and oxygen atoms in total. The Morgan fingerprint density at radius 2 is 1.95 bits per heavy atom. The molecule has 0 saturated carbocycles. The summed E-state index contributed by atoms with van der Waals surface area (Å²) in [6.07, 6.45) is 0. The number of oxime groups is 1. The summed E-state index contributed by atoms with van der Waals surface area (Å²) in [6.45, 7) is 0. The third kappa shape index (κ3) is 3.22. The van der Waals surface area contributed by atoms with E-state index in [-0.39, 0.29) is 17.1 Å². The van der Waals surface area contributed by atoms with Crippen LogP contribution in [0.15, 0.2) is 47.6 Å². The summed E-state index contributed by atoms with van der Waals surface area (Å²) >= 11 is 0. The van der Waals surface area contributed by atoms with Crippen molar-refractivity contribution in [2.45, 2.75) is 0 Å². The second-order valence-corrected chi connectivity index (χ2v) is 4.59. The Balaban J connectivity index is 2.40. The summed E-state index contributed by atoms with van der Waals surface area (Å²) in [5, 5.41) is 11.6. The lowest BCUT2D eigenvalue weighted by molar-refractivity contribution is 0.318. The predicted octanol–water partition coefficient (Wildman–Crippen LogP) is 2.78. The molecule has 110 valence electrons. The summed E-state index contributed by atoms with van der Waals surface area (Å²) in [6, 6.07) is 11.6. The molecule has 0 aliphatic carbocycles. The Morgan fingerprint density at radius 3 is 2.62 bits per heavy atom. The van der Waals surface area contributed by atoms with E-state index in [4.69, 9.17) is 15.7 Å². The van der Waals surface area contributed by atoms with E-state index in [0.717, 1.165) is 5.69 Å². The molecule has 0 fully saturated rings. The standard InChI is InChI=1S/C15H16FN3O2/c1-19(2)10-5-3-6-11(9-10)21-13-8-4-7-12(16)14(13)15(17)18-20/h3-9,20H,1-2H3,(H2,17,18). The lowest BCUT2D eigenvalue weighted by Crippen LogP contribution is -2.16. The number of anilines is 1. The van der Waals surface area contributed by atoms with Gasteiger partial charge in [-0.1, -0.05) is 17.3 Å². The van der Waals surface area contributed by atoms with Crippen molar-refractivity contribution in [3.8, 4) is 11.5 Å². The topological polar surface area (TPSA) is 71.1 Å². The minimum Gasteiger partial charge on any atom is -0.456 e. The third-order valence-corrected chi connectivity index (χ3v) is 2.90. The third-order valence-electron chi connectivity index (χ3n) is 2.90. The molecular formula is C15H16FN3O2. The van der Waals surface area contributed by atoms with Crippen LogP contribution in [0.2, 0.25) is 0 Å². The fourth-order valence-corrected chi connectivity index (χ4v) is 1.84. The molecule has 0 amide bonds. The molecule has 0 atom stereocenters. The highest BCUT2D eigenvalue weighted by molar-refractivity contribution is 5.99. The minimum absolute atomic E-state index is 0.0738. The van der Waals surface area contributed by atoms with Crippen LogP contribution in [0.25, 0.3) is 0 Å². The Kier molecular flexibility index (Phi) is 4.27. The van der Waals surface area contributed by atoms with Crippen molar-refractivity contribution >= 4 is 11.5 Å². The maximum atomic E-state index is 13.8. The van der Waals surface area contributed by atoms with Gasteiger partial charge in [0.05, 0.1) is 5.56 Å². The van der Waals surface area contributed by atoms with Gasteiger partial charge in [0.15, 0.2) is 5.84 Å². The van der Waals surface area contributed by atoms with Crippen LogP contribution in [0.1, 0.15) is 5.56 Å². The largest absolute Gasteiger partial charge is 0.456 e. The number of rotatable bonds is 4. The van der Waals surface area contributed by atoms with Crippen molar-refractivity contribution in [1.29, 1.82) is 0 Å². The van der Waals surface area contributed by atoms with E-state index < -0.39 is 5.82 Å². The summed E-state index contributed by atoms with van der Waals surface area (Å²) < 4.78 is 19.5. The number of nitrogens with zero attached hydrogens (tertiary/aromatic N) is 2. The number of ether oxygens (including phenoxy) is 1. The average molecular weight is 289 g/mol. The molecule has 0 aliphatic rings. The number of amidine groups is 1. The Morgan fingerprint density at radius 1 is 1.24 bits per heavy atom. The van der Waals surface area contributed by atoms with E-state index >= 15 is 0 Å². The fourth-order valence-electron chi connectivity index (χ4n) is 1.84. The molecule has 21 heavy (non-hydrogen) atoms. The van der Waals surface area contributed by atoms with Crippen LogP contribution >= 0.6 is 0 Å². The Bertz CT molecular complexity index is 672. The lowest BCUT2D eigenvalue weighted by atomic mass is 10.1. The molecule has 0 aromatic heterocycles. The van der Waals surface area contributed by atoms with Crippen LogP contribution in [-0.4, -0.2) is 25.1 Å². The van der Waals surface area contributed by atoms with E-state index in [1.807, 2.05) is 31.1 Å². The molecule has 0 bridgehead atoms. The fraction of sp³-hybridized carbons (Fsp3) is 0.133. The lowest BCUT2D eigenvalue weighted by Gasteiger charge is -2.15. The Hall–Kier alpha value is -2.76. The molecule has 0 radical (unpaired) electrons. The first-order chi connectivity index (χ1) is 10.0. The monoisotopic (exact) mass is 289 g/mol. The van der Waals surface area contributed by atoms with Crippen LogP contribution in [-0.2, 0) is 0 Å². The molecule has 0 unspecified atom stereocenters. The molecule has 2 rings (SSSR count). The van der Waals surface area contributed by atoms with E-state index in [1.165, 1.54) is 12.1 Å². The van der Waals surface area contributed by atoms with Gasteiger partial charge in [0.2, 0.25) is 0 Å². The number of hydrogen-bond acceptors (Lipinski definition) is 4. The zero-order valence-corrected chi connectivity index (χ0v) is 11.7. The van der Waals surface area contributed by atoms with E-state index in [2.05, 4.69) is 5.16 Å². The molecule has 0 saturated heterocycles. The zero-order valence-electron chi connectivity index (χ0n) is 11.7. The summed E-state index contributed by atoms with van der Waals surface area (Å²) in [7, 11) is 3.81. The Labute approximate surface area is 122 Å². The molecule has 0 heterocycles. The van der Waals surface area contributed by atoms with Gasteiger partial charge in [-0.2, -0.15) is 0 Å². The van der Waals surface area contributed by atoms with Gasteiger partial charge < -0.3 is 20.6 Å². The zero-order chi connectivity index (χ0) is 15.4. The van der Waals surface area contributed by atoms with Crippen molar-refractivity contribution in [2.75, 3.05) is 19.0 Å². The van der Waals surface area contributed by atoms with Crippen molar-refractivity contribution < 1.29 is 14.3 Å². The highest BCUT2D eigenvalue weighted by Gasteiger charge is 2.15. The van der Waals surface area contributed by atoms with Gasteiger partial charge in [-0.25, -0.2) is 4.39 Å². The van der Waals surface area contributed by atoms with Crippen LogP contribution < -0.4 is 15.4 Å². The van der Waals surface area contributed by atoms with Crippen molar-refractivity contribution in [1.82, 2.24) is 0 Å². The number of halogens is 1. The molecule has 2 aromatic carbocycles. The molecular weight excluding hydrogens is 273 g/mol.